The molecule has 8 heteroatoms. The Labute approximate surface area is 157 Å². The van der Waals surface area contributed by atoms with E-state index in [9.17, 15) is 23.1 Å². The van der Waals surface area contributed by atoms with Gasteiger partial charge in [0.1, 0.15) is 0 Å². The number of benzene rings is 1. The average Bonchev–Trinajstić information content (AvgIpc) is 2.96. The summed E-state index contributed by atoms with van der Waals surface area (Å²) in [6.07, 6.45) is -1.82. The standard InChI is InChI=1S/C19H26F3N3O2/c1-4-5-6-7-8-15-13-18(27,19(20,21)22)25(23-15)17(26)14-9-11-16(12-10-14)24(2)3/h9-12,27H,4-8,13H2,1-3H3/t18-/m1/s1. The Morgan fingerprint density at radius 3 is 2.37 bits per heavy atom. The van der Waals surface area contributed by atoms with Gasteiger partial charge in [-0.3, -0.25) is 4.79 Å². The molecule has 2 rings (SSSR count). The van der Waals surface area contributed by atoms with Crippen LogP contribution in [0.4, 0.5) is 18.9 Å². The first kappa shape index (κ1) is 21.2. The monoisotopic (exact) mass is 385 g/mol. The number of rotatable bonds is 7. The van der Waals surface area contributed by atoms with E-state index in [2.05, 4.69) is 5.10 Å². The molecule has 1 aliphatic heterocycles. The van der Waals surface area contributed by atoms with Gasteiger partial charge in [-0.25, -0.2) is 0 Å². The molecular formula is C19H26F3N3O2. The molecule has 0 aromatic heterocycles. The molecule has 0 spiro atoms. The summed E-state index contributed by atoms with van der Waals surface area (Å²) >= 11 is 0. The lowest BCUT2D eigenvalue weighted by Crippen LogP contribution is -2.56. The quantitative estimate of drug-likeness (QED) is 0.717. The van der Waals surface area contributed by atoms with Gasteiger partial charge in [0, 0.05) is 37.5 Å². The fourth-order valence-corrected chi connectivity index (χ4v) is 2.97. The molecule has 150 valence electrons. The van der Waals surface area contributed by atoms with Crippen molar-refractivity contribution in [1.29, 1.82) is 0 Å². The second-order valence-corrected chi connectivity index (χ2v) is 7.03. The van der Waals surface area contributed by atoms with E-state index >= 15 is 0 Å². The molecule has 5 nitrogen and oxygen atoms in total. The zero-order valence-electron chi connectivity index (χ0n) is 15.9. The Morgan fingerprint density at radius 1 is 1.22 bits per heavy atom. The molecule has 1 N–H and O–H groups in total. The fourth-order valence-electron chi connectivity index (χ4n) is 2.97. The summed E-state index contributed by atoms with van der Waals surface area (Å²) in [6.45, 7) is 2.04. The van der Waals surface area contributed by atoms with Gasteiger partial charge in [-0.05, 0) is 37.1 Å². The van der Waals surface area contributed by atoms with Crippen LogP contribution in [0, 0.1) is 0 Å². The number of aliphatic hydroxyl groups is 1. The van der Waals surface area contributed by atoms with Gasteiger partial charge in [0.2, 0.25) is 0 Å². The zero-order chi connectivity index (χ0) is 20.2. The first-order valence-electron chi connectivity index (χ1n) is 9.07. The number of unbranched alkanes of at least 4 members (excludes halogenated alkanes) is 3. The maximum atomic E-state index is 13.5. The van der Waals surface area contributed by atoms with Crippen LogP contribution >= 0.6 is 0 Å². The first-order chi connectivity index (χ1) is 12.6. The van der Waals surface area contributed by atoms with Gasteiger partial charge in [-0.1, -0.05) is 26.2 Å². The second kappa shape index (κ2) is 8.29. The Hall–Kier alpha value is -2.09. The molecule has 27 heavy (non-hydrogen) atoms. The van der Waals surface area contributed by atoms with Crippen molar-refractivity contribution in [3.8, 4) is 0 Å². The fraction of sp³-hybridized carbons (Fsp3) is 0.579. The normalized spacial score (nSPS) is 20.0. The van der Waals surface area contributed by atoms with Crippen LogP contribution in [0.2, 0.25) is 0 Å². The van der Waals surface area contributed by atoms with E-state index in [1.807, 2.05) is 25.9 Å². The van der Waals surface area contributed by atoms with E-state index in [0.29, 0.717) is 12.8 Å². The molecule has 1 aromatic rings. The molecule has 1 atom stereocenters. The van der Waals surface area contributed by atoms with Crippen molar-refractivity contribution in [3.63, 3.8) is 0 Å². The van der Waals surface area contributed by atoms with E-state index in [1.54, 1.807) is 12.1 Å². The summed E-state index contributed by atoms with van der Waals surface area (Å²) in [7, 11) is 3.63. The highest BCUT2D eigenvalue weighted by atomic mass is 19.4. The number of carbonyl (C=O) groups excluding carboxylic acids is 1. The van der Waals surface area contributed by atoms with Gasteiger partial charge in [0.25, 0.3) is 11.6 Å². The van der Waals surface area contributed by atoms with Crippen LogP contribution in [-0.2, 0) is 0 Å². The lowest BCUT2D eigenvalue weighted by molar-refractivity contribution is -0.297. The largest absolute Gasteiger partial charge is 0.438 e. The van der Waals surface area contributed by atoms with Crippen LogP contribution in [0.15, 0.2) is 29.4 Å². The van der Waals surface area contributed by atoms with Crippen LogP contribution in [0.3, 0.4) is 0 Å². The summed E-state index contributed by atoms with van der Waals surface area (Å²) < 4.78 is 40.6. The Balaban J connectivity index is 2.24. The molecule has 0 bridgehead atoms. The van der Waals surface area contributed by atoms with Crippen molar-refractivity contribution in [3.05, 3.63) is 29.8 Å². The highest BCUT2D eigenvalue weighted by Gasteiger charge is 2.63. The molecule has 1 aliphatic rings. The summed E-state index contributed by atoms with van der Waals surface area (Å²) in [5, 5.41) is 14.4. The van der Waals surface area contributed by atoms with Crippen LogP contribution in [0.5, 0.6) is 0 Å². The molecule has 1 amide bonds. The number of nitrogens with zero attached hydrogens (tertiary/aromatic N) is 3. The van der Waals surface area contributed by atoms with Crippen molar-refractivity contribution in [1.82, 2.24) is 5.01 Å². The molecule has 1 aromatic carbocycles. The van der Waals surface area contributed by atoms with Crippen molar-refractivity contribution in [2.24, 2.45) is 5.10 Å². The molecular weight excluding hydrogens is 359 g/mol. The van der Waals surface area contributed by atoms with E-state index in [1.165, 1.54) is 12.1 Å². The number of alkyl halides is 3. The average molecular weight is 385 g/mol. The maximum absolute atomic E-state index is 13.5. The minimum absolute atomic E-state index is 0.0410. The SMILES string of the molecule is CCCCCCC1=NN(C(=O)c2ccc(N(C)C)cc2)[C@](O)(C(F)(F)F)C1. The van der Waals surface area contributed by atoms with Crippen molar-refractivity contribution in [2.75, 3.05) is 19.0 Å². The van der Waals surface area contributed by atoms with Gasteiger partial charge in [-0.2, -0.15) is 23.3 Å². The number of hydrazone groups is 1. The maximum Gasteiger partial charge on any atom is 0.438 e. The smallest absolute Gasteiger partial charge is 0.378 e. The van der Waals surface area contributed by atoms with E-state index in [-0.39, 0.29) is 16.3 Å². The molecule has 0 saturated heterocycles. The van der Waals surface area contributed by atoms with Crippen LogP contribution < -0.4 is 4.90 Å². The van der Waals surface area contributed by atoms with Gasteiger partial charge in [0.05, 0.1) is 0 Å². The van der Waals surface area contributed by atoms with Crippen LogP contribution in [-0.4, -0.2) is 47.7 Å². The van der Waals surface area contributed by atoms with Crippen molar-refractivity contribution < 1.29 is 23.1 Å². The van der Waals surface area contributed by atoms with Crippen LogP contribution in [0.1, 0.15) is 55.8 Å². The third-order valence-electron chi connectivity index (χ3n) is 4.64. The topological polar surface area (TPSA) is 56.1 Å². The number of amides is 1. The van der Waals surface area contributed by atoms with E-state index in [4.69, 9.17) is 0 Å². The summed E-state index contributed by atoms with van der Waals surface area (Å²) in [4.78, 5) is 14.5. The Bertz CT molecular complexity index is 686. The zero-order valence-corrected chi connectivity index (χ0v) is 15.9. The molecule has 1 heterocycles. The predicted molar refractivity (Wildman–Crippen MR) is 98.8 cm³/mol. The summed E-state index contributed by atoms with van der Waals surface area (Å²) in [5.41, 5.74) is -2.26. The third-order valence-corrected chi connectivity index (χ3v) is 4.64. The van der Waals surface area contributed by atoms with Gasteiger partial charge < -0.3 is 10.0 Å². The molecule has 0 saturated carbocycles. The number of anilines is 1. The molecule has 0 fully saturated rings. The number of hydrogen-bond donors (Lipinski definition) is 1. The second-order valence-electron chi connectivity index (χ2n) is 7.03. The Kier molecular flexibility index (Phi) is 6.51. The van der Waals surface area contributed by atoms with Gasteiger partial charge >= 0.3 is 6.18 Å². The van der Waals surface area contributed by atoms with Gasteiger partial charge in [-0.15, -0.1) is 0 Å². The van der Waals surface area contributed by atoms with E-state index in [0.717, 1.165) is 24.9 Å². The predicted octanol–water partition coefficient (Wildman–Crippen LogP) is 4.18. The van der Waals surface area contributed by atoms with E-state index < -0.39 is 24.2 Å². The highest BCUT2D eigenvalue weighted by Crippen LogP contribution is 2.41. The summed E-state index contributed by atoms with van der Waals surface area (Å²) in [6, 6.07) is 6.13. The number of carbonyl (C=O) groups is 1. The lowest BCUT2D eigenvalue weighted by atomic mass is 10.0. The molecule has 0 aliphatic carbocycles. The highest BCUT2D eigenvalue weighted by molar-refractivity contribution is 5.98. The Morgan fingerprint density at radius 2 is 1.85 bits per heavy atom. The molecule has 0 unspecified atom stereocenters. The number of hydrogen-bond acceptors (Lipinski definition) is 4. The molecule has 0 radical (unpaired) electrons. The number of halogens is 3. The minimum atomic E-state index is -5.00. The van der Waals surface area contributed by atoms with Gasteiger partial charge in [0.15, 0.2) is 0 Å². The first-order valence-corrected chi connectivity index (χ1v) is 9.07. The van der Waals surface area contributed by atoms with Crippen molar-refractivity contribution in [2.45, 2.75) is 57.3 Å². The lowest BCUT2D eigenvalue weighted by Gasteiger charge is -2.32. The van der Waals surface area contributed by atoms with Crippen molar-refractivity contribution >= 4 is 17.3 Å². The van der Waals surface area contributed by atoms with Crippen LogP contribution in [0.25, 0.3) is 0 Å². The minimum Gasteiger partial charge on any atom is -0.378 e. The third kappa shape index (κ3) is 4.61. The summed E-state index contributed by atoms with van der Waals surface area (Å²) in [5.74, 6) is -0.969.